The summed E-state index contributed by atoms with van der Waals surface area (Å²) >= 11 is 1.96. The lowest BCUT2D eigenvalue weighted by molar-refractivity contribution is -0.000497. The highest BCUT2D eigenvalue weighted by Crippen LogP contribution is 2.41. The molecular formula is C7H11NOS. The van der Waals surface area contributed by atoms with Crippen molar-refractivity contribution in [3.05, 3.63) is 0 Å². The first kappa shape index (κ1) is 6.53. The first-order chi connectivity index (χ1) is 4.72. The van der Waals surface area contributed by atoms with Gasteiger partial charge in [0.05, 0.1) is 11.6 Å². The lowest BCUT2D eigenvalue weighted by Crippen LogP contribution is -2.33. The van der Waals surface area contributed by atoms with Crippen LogP contribution in [0.1, 0.15) is 13.8 Å². The molecule has 0 bridgehead atoms. The first-order valence-corrected chi connectivity index (χ1v) is 4.68. The molecule has 0 aliphatic carbocycles. The van der Waals surface area contributed by atoms with Crippen molar-refractivity contribution in [2.75, 3.05) is 11.5 Å². The SMILES string of the molecule is CC1=NOC2(C)CSCC12. The Kier molecular flexibility index (Phi) is 1.24. The van der Waals surface area contributed by atoms with E-state index >= 15 is 0 Å². The molecule has 2 unspecified atom stereocenters. The zero-order valence-corrected chi connectivity index (χ0v) is 7.07. The van der Waals surface area contributed by atoms with Gasteiger partial charge in [-0.3, -0.25) is 0 Å². The number of rotatable bonds is 0. The van der Waals surface area contributed by atoms with Crippen LogP contribution in [0.2, 0.25) is 0 Å². The van der Waals surface area contributed by atoms with Crippen LogP contribution >= 0.6 is 11.8 Å². The predicted molar refractivity (Wildman–Crippen MR) is 43.4 cm³/mol. The van der Waals surface area contributed by atoms with Crippen LogP contribution in [0.25, 0.3) is 0 Å². The van der Waals surface area contributed by atoms with Gasteiger partial charge in [-0.1, -0.05) is 5.16 Å². The van der Waals surface area contributed by atoms with Crippen molar-refractivity contribution in [1.82, 2.24) is 0 Å². The van der Waals surface area contributed by atoms with Crippen LogP contribution in [0.4, 0.5) is 0 Å². The average Bonchev–Trinajstić information content (AvgIpc) is 2.35. The smallest absolute Gasteiger partial charge is 0.152 e. The number of hydrogen-bond donors (Lipinski definition) is 0. The van der Waals surface area contributed by atoms with Crippen molar-refractivity contribution < 1.29 is 4.84 Å². The highest BCUT2D eigenvalue weighted by Gasteiger charge is 2.47. The monoisotopic (exact) mass is 157 g/mol. The maximum absolute atomic E-state index is 5.34. The molecule has 3 heteroatoms. The Labute approximate surface area is 65.0 Å². The minimum Gasteiger partial charge on any atom is -0.388 e. The minimum absolute atomic E-state index is 0.0365. The third-order valence-electron chi connectivity index (χ3n) is 2.31. The van der Waals surface area contributed by atoms with E-state index in [1.54, 1.807) is 0 Å². The van der Waals surface area contributed by atoms with Crippen LogP contribution in [0.5, 0.6) is 0 Å². The number of hydrogen-bond acceptors (Lipinski definition) is 3. The maximum atomic E-state index is 5.34. The van der Waals surface area contributed by atoms with E-state index in [0.29, 0.717) is 5.92 Å². The molecule has 56 valence electrons. The van der Waals surface area contributed by atoms with Gasteiger partial charge in [-0.25, -0.2) is 0 Å². The summed E-state index contributed by atoms with van der Waals surface area (Å²) in [5.74, 6) is 2.86. The number of nitrogens with zero attached hydrogens (tertiary/aromatic N) is 1. The maximum Gasteiger partial charge on any atom is 0.152 e. The fourth-order valence-corrected chi connectivity index (χ4v) is 3.16. The summed E-state index contributed by atoms with van der Waals surface area (Å²) in [7, 11) is 0. The Morgan fingerprint density at radius 1 is 1.80 bits per heavy atom. The predicted octanol–water partition coefficient (Wildman–Crippen LogP) is 1.51. The van der Waals surface area contributed by atoms with E-state index in [0.717, 1.165) is 5.75 Å². The van der Waals surface area contributed by atoms with Crippen molar-refractivity contribution in [2.24, 2.45) is 11.1 Å². The van der Waals surface area contributed by atoms with Gasteiger partial charge in [0.25, 0.3) is 0 Å². The summed E-state index contributed by atoms with van der Waals surface area (Å²) in [5, 5.41) is 4.00. The molecular weight excluding hydrogens is 146 g/mol. The standard InChI is InChI=1S/C7H11NOS/c1-5-6-3-10-4-7(6,2)9-8-5/h6H,3-4H2,1-2H3. The van der Waals surface area contributed by atoms with Gasteiger partial charge in [0.15, 0.2) is 5.60 Å². The van der Waals surface area contributed by atoms with Gasteiger partial charge in [-0.15, -0.1) is 0 Å². The van der Waals surface area contributed by atoms with Crippen molar-refractivity contribution in [1.29, 1.82) is 0 Å². The zero-order valence-electron chi connectivity index (χ0n) is 6.26. The van der Waals surface area contributed by atoms with Crippen LogP contribution in [0.3, 0.4) is 0 Å². The Morgan fingerprint density at radius 2 is 2.60 bits per heavy atom. The molecule has 0 saturated carbocycles. The number of thioether (sulfide) groups is 1. The molecule has 0 aromatic heterocycles. The first-order valence-electron chi connectivity index (χ1n) is 3.53. The fourth-order valence-electron chi connectivity index (χ4n) is 1.55. The molecule has 1 saturated heterocycles. The van der Waals surface area contributed by atoms with Crippen LogP contribution in [-0.2, 0) is 4.84 Å². The van der Waals surface area contributed by atoms with Crippen LogP contribution in [0.15, 0.2) is 5.16 Å². The molecule has 2 rings (SSSR count). The van der Waals surface area contributed by atoms with E-state index in [4.69, 9.17) is 4.84 Å². The molecule has 0 N–H and O–H groups in total. The zero-order chi connectivity index (χ0) is 7.19. The Bertz CT molecular complexity index is 192. The number of fused-ring (bicyclic) bond motifs is 1. The van der Waals surface area contributed by atoms with Gasteiger partial charge >= 0.3 is 0 Å². The fraction of sp³-hybridized carbons (Fsp3) is 0.857. The van der Waals surface area contributed by atoms with Crippen molar-refractivity contribution >= 4 is 17.5 Å². The molecule has 2 atom stereocenters. The van der Waals surface area contributed by atoms with E-state index in [-0.39, 0.29) is 5.60 Å². The second-order valence-corrected chi connectivity index (χ2v) is 4.23. The van der Waals surface area contributed by atoms with E-state index in [1.807, 2.05) is 11.8 Å². The van der Waals surface area contributed by atoms with E-state index in [9.17, 15) is 0 Å². The molecule has 0 radical (unpaired) electrons. The molecule has 10 heavy (non-hydrogen) atoms. The van der Waals surface area contributed by atoms with Gasteiger partial charge in [0.2, 0.25) is 0 Å². The Balaban J connectivity index is 2.27. The van der Waals surface area contributed by atoms with Crippen LogP contribution in [0, 0.1) is 5.92 Å². The van der Waals surface area contributed by atoms with Gasteiger partial charge in [0.1, 0.15) is 0 Å². The van der Waals surface area contributed by atoms with Gasteiger partial charge < -0.3 is 4.84 Å². The van der Waals surface area contributed by atoms with Gasteiger partial charge in [-0.05, 0) is 13.8 Å². The summed E-state index contributed by atoms with van der Waals surface area (Å²) < 4.78 is 0. The molecule has 0 aromatic carbocycles. The van der Waals surface area contributed by atoms with E-state index in [1.165, 1.54) is 11.5 Å². The highest BCUT2D eigenvalue weighted by atomic mass is 32.2. The normalized spacial score (nSPS) is 44.6. The van der Waals surface area contributed by atoms with Crippen LogP contribution < -0.4 is 0 Å². The summed E-state index contributed by atoms with van der Waals surface area (Å²) in [6.45, 7) is 4.21. The highest BCUT2D eigenvalue weighted by molar-refractivity contribution is 7.99. The molecule has 0 aromatic rings. The minimum atomic E-state index is 0.0365. The lowest BCUT2D eigenvalue weighted by atomic mass is 9.90. The molecule has 2 heterocycles. The summed E-state index contributed by atoms with van der Waals surface area (Å²) in [6, 6.07) is 0. The quantitative estimate of drug-likeness (QED) is 0.531. The summed E-state index contributed by atoms with van der Waals surface area (Å²) in [6.07, 6.45) is 0. The summed E-state index contributed by atoms with van der Waals surface area (Å²) in [5.41, 5.74) is 1.21. The largest absolute Gasteiger partial charge is 0.388 e. The van der Waals surface area contributed by atoms with Gasteiger partial charge in [0, 0.05) is 11.5 Å². The van der Waals surface area contributed by atoms with Crippen LogP contribution in [-0.4, -0.2) is 22.8 Å². The molecule has 1 fully saturated rings. The van der Waals surface area contributed by atoms with Gasteiger partial charge in [-0.2, -0.15) is 11.8 Å². The van der Waals surface area contributed by atoms with Crippen molar-refractivity contribution in [2.45, 2.75) is 19.4 Å². The molecule has 0 spiro atoms. The van der Waals surface area contributed by atoms with E-state index in [2.05, 4.69) is 19.0 Å². The second-order valence-electron chi connectivity index (χ2n) is 3.20. The van der Waals surface area contributed by atoms with E-state index < -0.39 is 0 Å². The molecule has 2 aliphatic rings. The second kappa shape index (κ2) is 1.91. The third kappa shape index (κ3) is 0.698. The lowest BCUT2D eigenvalue weighted by Gasteiger charge is -2.19. The van der Waals surface area contributed by atoms with Crippen molar-refractivity contribution in [3.8, 4) is 0 Å². The Morgan fingerprint density at radius 3 is 3.30 bits per heavy atom. The average molecular weight is 157 g/mol. The Hall–Kier alpha value is -0.180. The topological polar surface area (TPSA) is 21.6 Å². The summed E-state index contributed by atoms with van der Waals surface area (Å²) in [4.78, 5) is 5.34. The van der Waals surface area contributed by atoms with Crippen molar-refractivity contribution in [3.63, 3.8) is 0 Å². The molecule has 2 aliphatic heterocycles. The molecule has 2 nitrogen and oxygen atoms in total. The third-order valence-corrected chi connectivity index (χ3v) is 3.66. The molecule has 0 amide bonds. The number of oxime groups is 1.